The summed E-state index contributed by atoms with van der Waals surface area (Å²) in [7, 11) is 4.60. The van der Waals surface area contributed by atoms with Gasteiger partial charge >= 0.3 is 0 Å². The van der Waals surface area contributed by atoms with Crippen molar-refractivity contribution in [3.05, 3.63) is 84.1 Å². The predicted octanol–water partition coefficient (Wildman–Crippen LogP) is 4.11. The highest BCUT2D eigenvalue weighted by Crippen LogP contribution is 2.37. The predicted molar refractivity (Wildman–Crippen MR) is 122 cm³/mol. The first-order valence-electron chi connectivity index (χ1n) is 9.89. The van der Waals surface area contributed by atoms with Gasteiger partial charge in [-0.05, 0) is 42.0 Å². The zero-order valence-corrected chi connectivity index (χ0v) is 17.9. The average molecular weight is 430 g/mol. The molecule has 2 amide bonds. The van der Waals surface area contributed by atoms with Crippen LogP contribution in [0.2, 0.25) is 0 Å². The molecule has 0 radical (unpaired) electrons. The van der Waals surface area contributed by atoms with Crippen LogP contribution in [0, 0.1) is 0 Å². The Bertz CT molecular complexity index is 1190. The van der Waals surface area contributed by atoms with Crippen LogP contribution in [-0.2, 0) is 9.59 Å². The maximum absolute atomic E-state index is 13.5. The summed E-state index contributed by atoms with van der Waals surface area (Å²) in [5.41, 5.74) is 2.18. The highest BCUT2D eigenvalue weighted by atomic mass is 16.5. The van der Waals surface area contributed by atoms with E-state index in [4.69, 9.17) is 14.2 Å². The van der Waals surface area contributed by atoms with Crippen molar-refractivity contribution in [2.75, 3.05) is 31.5 Å². The van der Waals surface area contributed by atoms with Crippen molar-refractivity contribution >= 4 is 28.8 Å². The van der Waals surface area contributed by atoms with Crippen molar-refractivity contribution in [2.45, 2.75) is 0 Å². The topological polar surface area (TPSA) is 77.1 Å². The van der Waals surface area contributed by atoms with E-state index in [9.17, 15) is 9.59 Å². The minimum Gasteiger partial charge on any atom is -0.497 e. The number of benzene rings is 3. The maximum Gasteiger partial charge on any atom is 0.282 e. The van der Waals surface area contributed by atoms with Crippen molar-refractivity contribution in [2.24, 2.45) is 0 Å². The molecule has 4 rings (SSSR count). The van der Waals surface area contributed by atoms with Crippen LogP contribution in [0.15, 0.2) is 78.5 Å². The van der Waals surface area contributed by atoms with Crippen molar-refractivity contribution < 1.29 is 23.8 Å². The Balaban J connectivity index is 1.78. The fourth-order valence-corrected chi connectivity index (χ4v) is 3.54. The number of nitrogens with one attached hydrogen (secondary N) is 1. The van der Waals surface area contributed by atoms with Gasteiger partial charge in [0.05, 0.1) is 32.6 Å². The molecule has 7 nitrogen and oxygen atoms in total. The summed E-state index contributed by atoms with van der Waals surface area (Å²) in [4.78, 5) is 28.1. The second-order valence-electron chi connectivity index (χ2n) is 6.95. The minimum atomic E-state index is -0.461. The first kappa shape index (κ1) is 21.0. The molecular formula is C25H22N2O5. The number of anilines is 2. The lowest BCUT2D eigenvalue weighted by atomic mass is 10.0. The van der Waals surface area contributed by atoms with E-state index in [2.05, 4.69) is 5.32 Å². The summed E-state index contributed by atoms with van der Waals surface area (Å²) in [6.45, 7) is 0. The second-order valence-corrected chi connectivity index (χ2v) is 6.95. The molecule has 1 aliphatic rings. The van der Waals surface area contributed by atoms with Gasteiger partial charge in [0.1, 0.15) is 11.4 Å². The van der Waals surface area contributed by atoms with E-state index >= 15 is 0 Å². The van der Waals surface area contributed by atoms with Crippen molar-refractivity contribution in [3.8, 4) is 17.2 Å². The van der Waals surface area contributed by atoms with Gasteiger partial charge in [-0.2, -0.15) is 0 Å². The molecule has 1 heterocycles. The van der Waals surface area contributed by atoms with Crippen molar-refractivity contribution in [1.82, 2.24) is 0 Å². The first-order valence-corrected chi connectivity index (χ1v) is 9.89. The molecule has 7 heteroatoms. The van der Waals surface area contributed by atoms with Gasteiger partial charge in [-0.3, -0.25) is 9.59 Å². The Morgan fingerprint density at radius 1 is 0.719 bits per heavy atom. The number of hydrogen-bond donors (Lipinski definition) is 1. The van der Waals surface area contributed by atoms with Crippen LogP contribution < -0.4 is 24.4 Å². The maximum atomic E-state index is 13.5. The summed E-state index contributed by atoms with van der Waals surface area (Å²) in [6.07, 6.45) is 0. The van der Waals surface area contributed by atoms with Gasteiger partial charge in [-0.1, -0.05) is 30.3 Å². The summed E-state index contributed by atoms with van der Waals surface area (Å²) >= 11 is 0. The van der Waals surface area contributed by atoms with Crippen molar-refractivity contribution in [3.63, 3.8) is 0 Å². The molecule has 0 spiro atoms. The third kappa shape index (κ3) is 3.76. The van der Waals surface area contributed by atoms with E-state index in [-0.39, 0.29) is 5.70 Å². The van der Waals surface area contributed by atoms with Crippen LogP contribution in [0.3, 0.4) is 0 Å². The highest BCUT2D eigenvalue weighted by molar-refractivity contribution is 6.46. The van der Waals surface area contributed by atoms with Crippen LogP contribution in [0.1, 0.15) is 5.56 Å². The van der Waals surface area contributed by atoms with Gasteiger partial charge in [0.25, 0.3) is 11.8 Å². The SMILES string of the molecule is COc1ccc(NC2=C(c3ccccc3)C(=O)N(c3ccc(OC)c(OC)c3)C2=O)cc1. The fraction of sp³-hybridized carbons (Fsp3) is 0.120. The zero-order chi connectivity index (χ0) is 22.7. The smallest absolute Gasteiger partial charge is 0.282 e. The fourth-order valence-electron chi connectivity index (χ4n) is 3.54. The highest BCUT2D eigenvalue weighted by Gasteiger charge is 2.40. The Hall–Kier alpha value is -4.26. The number of amides is 2. The molecule has 3 aromatic carbocycles. The molecule has 0 bridgehead atoms. The molecular weight excluding hydrogens is 408 g/mol. The van der Waals surface area contributed by atoms with Gasteiger partial charge in [0.2, 0.25) is 0 Å². The standard InChI is InChI=1S/C25H22N2O5/c1-30-19-12-9-17(10-13-19)26-23-22(16-7-5-4-6-8-16)24(28)27(25(23)29)18-11-14-20(31-2)21(15-18)32-3/h4-15,26H,1-3H3. The zero-order valence-electron chi connectivity index (χ0n) is 17.9. The Labute approximate surface area is 185 Å². The average Bonchev–Trinajstić information content (AvgIpc) is 3.08. The summed E-state index contributed by atoms with van der Waals surface area (Å²) in [6, 6.07) is 21.1. The lowest BCUT2D eigenvalue weighted by Crippen LogP contribution is -2.32. The normalized spacial score (nSPS) is 13.4. The number of hydrogen-bond acceptors (Lipinski definition) is 6. The molecule has 0 fully saturated rings. The largest absolute Gasteiger partial charge is 0.497 e. The summed E-state index contributed by atoms with van der Waals surface area (Å²) < 4.78 is 15.8. The van der Waals surface area contributed by atoms with E-state index in [1.54, 1.807) is 61.7 Å². The monoisotopic (exact) mass is 430 g/mol. The van der Waals surface area contributed by atoms with E-state index in [0.717, 1.165) is 4.90 Å². The van der Waals surface area contributed by atoms with Gasteiger partial charge in [-0.25, -0.2) is 4.90 Å². The molecule has 1 N–H and O–H groups in total. The van der Waals surface area contributed by atoms with Gasteiger partial charge in [0, 0.05) is 11.8 Å². The number of ether oxygens (including phenoxy) is 3. The van der Waals surface area contributed by atoms with Gasteiger partial charge in [0.15, 0.2) is 11.5 Å². The molecule has 0 atom stereocenters. The molecule has 1 aliphatic heterocycles. The van der Waals surface area contributed by atoms with Crippen LogP contribution in [0.5, 0.6) is 17.2 Å². The molecule has 0 aromatic heterocycles. The van der Waals surface area contributed by atoms with Crippen molar-refractivity contribution in [1.29, 1.82) is 0 Å². The van der Waals surface area contributed by atoms with E-state index in [0.29, 0.717) is 39.8 Å². The summed E-state index contributed by atoms with van der Waals surface area (Å²) in [5, 5.41) is 3.13. The molecule has 32 heavy (non-hydrogen) atoms. The molecule has 0 unspecified atom stereocenters. The minimum absolute atomic E-state index is 0.196. The quantitative estimate of drug-likeness (QED) is 0.569. The van der Waals surface area contributed by atoms with Crippen LogP contribution in [-0.4, -0.2) is 33.1 Å². The number of nitrogens with zero attached hydrogens (tertiary/aromatic N) is 1. The molecule has 162 valence electrons. The number of rotatable bonds is 7. The van der Waals surface area contributed by atoms with Crippen LogP contribution >= 0.6 is 0 Å². The van der Waals surface area contributed by atoms with Gasteiger partial charge in [-0.15, -0.1) is 0 Å². The molecule has 0 aliphatic carbocycles. The molecule has 0 saturated carbocycles. The van der Waals surface area contributed by atoms with Gasteiger partial charge < -0.3 is 19.5 Å². The van der Waals surface area contributed by atoms with E-state index in [1.165, 1.54) is 14.2 Å². The third-order valence-corrected chi connectivity index (χ3v) is 5.13. The van der Waals surface area contributed by atoms with Crippen LogP contribution in [0.25, 0.3) is 5.57 Å². The number of carbonyl (C=O) groups excluding carboxylic acids is 2. The number of carbonyl (C=O) groups is 2. The Kier molecular flexibility index (Phi) is 5.81. The van der Waals surface area contributed by atoms with E-state index in [1.807, 2.05) is 18.2 Å². The number of imide groups is 1. The lowest BCUT2D eigenvalue weighted by Gasteiger charge is -2.17. The van der Waals surface area contributed by atoms with Crippen LogP contribution in [0.4, 0.5) is 11.4 Å². The molecule has 0 saturated heterocycles. The summed E-state index contributed by atoms with van der Waals surface area (Å²) in [5.74, 6) is 0.724. The van der Waals surface area contributed by atoms with E-state index < -0.39 is 11.8 Å². The second kappa shape index (κ2) is 8.85. The Morgan fingerprint density at radius 2 is 1.41 bits per heavy atom. The number of methoxy groups -OCH3 is 3. The first-order chi connectivity index (χ1) is 15.6. The molecule has 3 aromatic rings. The lowest BCUT2D eigenvalue weighted by molar-refractivity contribution is -0.120. The third-order valence-electron chi connectivity index (χ3n) is 5.13. The Morgan fingerprint density at radius 3 is 2.03 bits per heavy atom.